The van der Waals surface area contributed by atoms with E-state index < -0.39 is 0 Å². The summed E-state index contributed by atoms with van der Waals surface area (Å²) >= 11 is 12.5. The van der Waals surface area contributed by atoms with E-state index >= 15 is 0 Å². The molecule has 2 aromatic carbocycles. The molecule has 0 spiro atoms. The van der Waals surface area contributed by atoms with Crippen LogP contribution in [0.15, 0.2) is 42.5 Å². The molecule has 5 rings (SSSR count). The molecule has 9 heteroatoms. The normalized spacial score (nSPS) is 14.2. The van der Waals surface area contributed by atoms with Crippen molar-refractivity contribution in [1.82, 2.24) is 19.5 Å². The summed E-state index contributed by atoms with van der Waals surface area (Å²) in [5, 5.41) is 13.6. The summed E-state index contributed by atoms with van der Waals surface area (Å²) in [4.78, 5) is 14.0. The first-order valence-corrected chi connectivity index (χ1v) is 13.0. The molecule has 7 nitrogen and oxygen atoms in total. The highest BCUT2D eigenvalue weighted by atomic mass is 35.5. The minimum Gasteiger partial charge on any atom is -0.493 e. The Morgan fingerprint density at radius 1 is 1.11 bits per heavy atom. The van der Waals surface area contributed by atoms with E-state index in [1.165, 1.54) is 12.8 Å². The van der Waals surface area contributed by atoms with Gasteiger partial charge in [0.15, 0.2) is 11.5 Å². The van der Waals surface area contributed by atoms with E-state index in [4.69, 9.17) is 32.9 Å². The molecule has 1 atom stereocenters. The van der Waals surface area contributed by atoms with Crippen molar-refractivity contribution in [1.29, 1.82) is 0 Å². The van der Waals surface area contributed by atoms with Crippen molar-refractivity contribution in [3.8, 4) is 17.1 Å². The molecule has 2 heterocycles. The Balaban J connectivity index is 1.69. The van der Waals surface area contributed by atoms with Crippen molar-refractivity contribution < 1.29 is 9.84 Å². The molecular weight excluding hydrogens is 497 g/mol. The van der Waals surface area contributed by atoms with Crippen LogP contribution >= 0.6 is 23.2 Å². The minimum absolute atomic E-state index is 0.0680. The van der Waals surface area contributed by atoms with Crippen LogP contribution in [0, 0.1) is 12.8 Å². The quantitative estimate of drug-likeness (QED) is 0.191. The SMILES string of the molecule is Cc1ccc(OCCCO)c(-c2nc3nc(Cl)nc(NC(C)C4CC4)c3n2Cc2ccc(Cl)cc2)c1. The van der Waals surface area contributed by atoms with Crippen LogP contribution in [0.1, 0.15) is 37.3 Å². The maximum Gasteiger partial charge on any atom is 0.226 e. The maximum atomic E-state index is 9.23. The van der Waals surface area contributed by atoms with Crippen molar-refractivity contribution in [2.75, 3.05) is 18.5 Å². The summed E-state index contributed by atoms with van der Waals surface area (Å²) in [5.74, 6) is 2.71. The van der Waals surface area contributed by atoms with E-state index in [0.717, 1.165) is 22.2 Å². The minimum atomic E-state index is 0.0680. The Kier molecular flexibility index (Phi) is 7.32. The first-order chi connectivity index (χ1) is 17.4. The van der Waals surface area contributed by atoms with Gasteiger partial charge >= 0.3 is 0 Å². The Morgan fingerprint density at radius 3 is 2.61 bits per heavy atom. The third-order valence-electron chi connectivity index (χ3n) is 6.46. The fourth-order valence-electron chi connectivity index (χ4n) is 4.36. The number of aryl methyl sites for hydroxylation is 1. The van der Waals surface area contributed by atoms with E-state index in [9.17, 15) is 5.11 Å². The van der Waals surface area contributed by atoms with Gasteiger partial charge in [-0.2, -0.15) is 9.97 Å². The average molecular weight is 526 g/mol. The van der Waals surface area contributed by atoms with Crippen molar-refractivity contribution >= 4 is 40.2 Å². The number of rotatable bonds is 10. The summed E-state index contributed by atoms with van der Waals surface area (Å²) in [6, 6.07) is 14.0. The second kappa shape index (κ2) is 10.6. The highest BCUT2D eigenvalue weighted by Crippen LogP contribution is 2.38. The molecule has 1 saturated carbocycles. The van der Waals surface area contributed by atoms with Gasteiger partial charge in [-0.3, -0.25) is 0 Å². The lowest BCUT2D eigenvalue weighted by atomic mass is 10.1. The number of imidazole rings is 1. The lowest BCUT2D eigenvalue weighted by Gasteiger charge is -2.17. The van der Waals surface area contributed by atoms with Gasteiger partial charge in [0.1, 0.15) is 17.1 Å². The van der Waals surface area contributed by atoms with E-state index in [1.807, 2.05) is 43.3 Å². The van der Waals surface area contributed by atoms with Crippen LogP contribution in [0.4, 0.5) is 5.82 Å². The first-order valence-electron chi connectivity index (χ1n) is 12.2. The Bertz CT molecular complexity index is 1370. The van der Waals surface area contributed by atoms with Crippen LogP contribution in [0.5, 0.6) is 5.75 Å². The van der Waals surface area contributed by atoms with Gasteiger partial charge in [0, 0.05) is 30.6 Å². The topological polar surface area (TPSA) is 85.1 Å². The molecule has 2 N–H and O–H groups in total. The number of hydrogen-bond acceptors (Lipinski definition) is 6. The Hall–Kier alpha value is -2.87. The number of aromatic nitrogens is 4. The van der Waals surface area contributed by atoms with Crippen molar-refractivity contribution in [2.45, 2.75) is 45.7 Å². The van der Waals surface area contributed by atoms with E-state index in [-0.39, 0.29) is 17.9 Å². The standard InChI is InChI=1S/C27H29Cl2N5O2/c1-16-4-11-22(36-13-3-12-35)21(14-16)26-31-25-23(34(26)15-18-5-9-20(28)10-6-18)24(32-27(29)33-25)30-17(2)19-7-8-19/h4-6,9-11,14,17,19,35H,3,7-8,12-13,15H2,1-2H3,(H,30,32,33). The van der Waals surface area contributed by atoms with Crippen LogP contribution < -0.4 is 10.1 Å². The highest BCUT2D eigenvalue weighted by molar-refractivity contribution is 6.30. The number of hydrogen-bond donors (Lipinski definition) is 2. The van der Waals surface area contributed by atoms with Gasteiger partial charge in [0.2, 0.25) is 5.28 Å². The van der Waals surface area contributed by atoms with Crippen LogP contribution in [0.3, 0.4) is 0 Å². The van der Waals surface area contributed by atoms with Gasteiger partial charge in [0.25, 0.3) is 0 Å². The van der Waals surface area contributed by atoms with Gasteiger partial charge < -0.3 is 19.7 Å². The van der Waals surface area contributed by atoms with Gasteiger partial charge in [-0.15, -0.1) is 0 Å². The van der Waals surface area contributed by atoms with Gasteiger partial charge in [-0.1, -0.05) is 35.4 Å². The summed E-state index contributed by atoms with van der Waals surface area (Å²) in [7, 11) is 0. The molecule has 1 aliphatic carbocycles. The summed E-state index contributed by atoms with van der Waals surface area (Å²) < 4.78 is 8.17. The second-order valence-corrected chi connectivity index (χ2v) is 10.1. The molecule has 0 bridgehead atoms. The first kappa shape index (κ1) is 24.8. The number of nitrogens with one attached hydrogen (secondary N) is 1. The fourth-order valence-corrected chi connectivity index (χ4v) is 4.65. The van der Waals surface area contributed by atoms with Crippen molar-refractivity contribution in [2.24, 2.45) is 5.92 Å². The summed E-state index contributed by atoms with van der Waals surface area (Å²) in [5.41, 5.74) is 4.30. The molecule has 0 saturated heterocycles. The number of anilines is 1. The van der Waals surface area contributed by atoms with Gasteiger partial charge in [-0.25, -0.2) is 4.98 Å². The number of nitrogens with zero attached hydrogens (tertiary/aromatic N) is 4. The zero-order chi connectivity index (χ0) is 25.2. The summed E-state index contributed by atoms with van der Waals surface area (Å²) in [6.07, 6.45) is 2.97. The number of halogens is 2. The number of aliphatic hydroxyl groups is 1. The van der Waals surface area contributed by atoms with Gasteiger partial charge in [0.05, 0.1) is 12.2 Å². The molecule has 188 valence electrons. The fraction of sp³-hybridized carbons (Fsp3) is 0.370. The molecule has 1 aliphatic rings. The van der Waals surface area contributed by atoms with Crippen molar-refractivity contribution in [3.63, 3.8) is 0 Å². The maximum absolute atomic E-state index is 9.23. The van der Waals surface area contributed by atoms with Crippen LogP contribution in [-0.2, 0) is 6.54 Å². The third kappa shape index (κ3) is 5.43. The summed E-state index contributed by atoms with van der Waals surface area (Å²) in [6.45, 7) is 5.21. The largest absolute Gasteiger partial charge is 0.493 e. The third-order valence-corrected chi connectivity index (χ3v) is 6.88. The zero-order valence-corrected chi connectivity index (χ0v) is 21.9. The van der Waals surface area contributed by atoms with E-state index in [1.54, 1.807) is 0 Å². The Morgan fingerprint density at radius 2 is 1.89 bits per heavy atom. The average Bonchev–Trinajstić information content (AvgIpc) is 3.64. The number of fused-ring (bicyclic) bond motifs is 1. The number of ether oxygens (including phenoxy) is 1. The molecule has 4 aromatic rings. The molecule has 0 radical (unpaired) electrons. The smallest absolute Gasteiger partial charge is 0.226 e. The molecule has 1 fully saturated rings. The van der Waals surface area contributed by atoms with Crippen LogP contribution in [0.25, 0.3) is 22.6 Å². The molecule has 0 aliphatic heterocycles. The lowest BCUT2D eigenvalue weighted by molar-refractivity contribution is 0.234. The molecular formula is C27H29Cl2N5O2. The molecule has 1 unspecified atom stereocenters. The van der Waals surface area contributed by atoms with Crippen LogP contribution in [0.2, 0.25) is 10.3 Å². The number of benzene rings is 2. The molecule has 2 aromatic heterocycles. The molecule has 36 heavy (non-hydrogen) atoms. The number of aliphatic hydroxyl groups excluding tert-OH is 1. The van der Waals surface area contributed by atoms with E-state index in [2.05, 4.69) is 32.8 Å². The lowest BCUT2D eigenvalue weighted by Crippen LogP contribution is -2.19. The zero-order valence-electron chi connectivity index (χ0n) is 20.3. The monoisotopic (exact) mass is 525 g/mol. The molecule has 0 amide bonds. The van der Waals surface area contributed by atoms with E-state index in [0.29, 0.717) is 53.6 Å². The van der Waals surface area contributed by atoms with Crippen LogP contribution in [-0.4, -0.2) is 43.9 Å². The van der Waals surface area contributed by atoms with Gasteiger partial charge in [-0.05, 0) is 74.0 Å². The predicted octanol–water partition coefficient (Wildman–Crippen LogP) is 6.13. The second-order valence-electron chi connectivity index (χ2n) is 9.36. The van der Waals surface area contributed by atoms with Crippen molar-refractivity contribution in [3.05, 3.63) is 63.9 Å². The highest BCUT2D eigenvalue weighted by Gasteiger charge is 2.30. The predicted molar refractivity (Wildman–Crippen MR) is 144 cm³/mol. The Labute approximate surface area is 220 Å².